The van der Waals surface area contributed by atoms with Crippen LogP contribution in [0.4, 0.5) is 16.2 Å². The molecular formula is C16H23ClN4O2. The monoisotopic (exact) mass is 338 g/mol. The molecule has 2 bridgehead atoms. The van der Waals surface area contributed by atoms with Crippen LogP contribution in [0.15, 0.2) is 24.3 Å². The fraction of sp³-hybridized carbons (Fsp3) is 0.500. The first-order chi connectivity index (χ1) is 10.6. The first kappa shape index (κ1) is 17.6. The van der Waals surface area contributed by atoms with E-state index in [0.717, 1.165) is 19.3 Å². The van der Waals surface area contributed by atoms with Gasteiger partial charge in [-0.1, -0.05) is 6.07 Å². The van der Waals surface area contributed by atoms with Crippen molar-refractivity contribution in [3.05, 3.63) is 24.3 Å². The first-order valence-electron chi connectivity index (χ1n) is 7.73. The van der Waals surface area contributed by atoms with Crippen LogP contribution in [0.5, 0.6) is 0 Å². The number of rotatable bonds is 3. The van der Waals surface area contributed by atoms with Crippen molar-refractivity contribution in [1.29, 1.82) is 0 Å². The topological polar surface area (TPSA) is 96.2 Å². The highest BCUT2D eigenvalue weighted by Crippen LogP contribution is 2.47. The molecule has 1 aromatic rings. The number of urea groups is 1. The van der Waals surface area contributed by atoms with Crippen molar-refractivity contribution in [2.24, 2.45) is 23.5 Å². The van der Waals surface area contributed by atoms with Gasteiger partial charge in [0, 0.05) is 24.5 Å². The molecule has 0 heterocycles. The standard InChI is InChI=1S/C16H22N4O2.ClH/c1-18-16(22)20-12-4-2-3-11(8-12)19-15(21)13-9-5-6-10(7-9)14(13)17;/h2-4,8-10,13-14H,5-7,17H2,1H3,(H,19,21)(H2,18,20,22);1H. The molecule has 0 saturated heterocycles. The summed E-state index contributed by atoms with van der Waals surface area (Å²) in [5.41, 5.74) is 7.52. The Bertz CT molecular complexity index is 593. The number of hydrogen-bond acceptors (Lipinski definition) is 3. The number of amides is 3. The summed E-state index contributed by atoms with van der Waals surface area (Å²) in [4.78, 5) is 23.8. The maximum Gasteiger partial charge on any atom is 0.318 e. The number of benzene rings is 1. The van der Waals surface area contributed by atoms with Gasteiger partial charge >= 0.3 is 6.03 Å². The molecule has 0 radical (unpaired) electrons. The molecule has 7 heteroatoms. The van der Waals surface area contributed by atoms with Gasteiger partial charge in [-0.15, -0.1) is 12.4 Å². The lowest BCUT2D eigenvalue weighted by atomic mass is 9.84. The van der Waals surface area contributed by atoms with Crippen LogP contribution >= 0.6 is 12.4 Å². The van der Waals surface area contributed by atoms with Crippen molar-refractivity contribution in [3.8, 4) is 0 Å². The Kier molecular flexibility index (Phi) is 5.49. The van der Waals surface area contributed by atoms with Crippen LogP contribution < -0.4 is 21.7 Å². The molecule has 23 heavy (non-hydrogen) atoms. The largest absolute Gasteiger partial charge is 0.341 e. The van der Waals surface area contributed by atoms with E-state index in [4.69, 9.17) is 5.73 Å². The number of nitrogens with two attached hydrogens (primary N) is 1. The van der Waals surface area contributed by atoms with Gasteiger partial charge in [-0.3, -0.25) is 4.79 Å². The molecule has 4 unspecified atom stereocenters. The smallest absolute Gasteiger partial charge is 0.318 e. The van der Waals surface area contributed by atoms with Crippen LogP contribution in [-0.4, -0.2) is 25.0 Å². The number of carbonyl (C=O) groups is 2. The van der Waals surface area contributed by atoms with Gasteiger partial charge in [0.15, 0.2) is 0 Å². The fourth-order valence-corrected chi connectivity index (χ4v) is 3.82. The third kappa shape index (κ3) is 3.59. The van der Waals surface area contributed by atoms with E-state index in [0.29, 0.717) is 23.2 Å². The van der Waals surface area contributed by atoms with Gasteiger partial charge in [0.2, 0.25) is 5.91 Å². The Labute approximate surface area is 142 Å². The van der Waals surface area contributed by atoms with E-state index in [9.17, 15) is 9.59 Å². The summed E-state index contributed by atoms with van der Waals surface area (Å²) >= 11 is 0. The minimum atomic E-state index is -0.293. The molecule has 5 N–H and O–H groups in total. The zero-order valence-electron chi connectivity index (χ0n) is 13.0. The molecular weight excluding hydrogens is 316 g/mol. The van der Waals surface area contributed by atoms with Crippen LogP contribution in [0.2, 0.25) is 0 Å². The van der Waals surface area contributed by atoms with Gasteiger partial charge in [0.1, 0.15) is 0 Å². The molecule has 2 saturated carbocycles. The predicted molar refractivity (Wildman–Crippen MR) is 92.7 cm³/mol. The molecule has 2 aliphatic rings. The van der Waals surface area contributed by atoms with Crippen LogP contribution in [0.1, 0.15) is 19.3 Å². The summed E-state index contributed by atoms with van der Waals surface area (Å²) in [5, 5.41) is 8.11. The highest BCUT2D eigenvalue weighted by molar-refractivity contribution is 5.95. The van der Waals surface area contributed by atoms with Crippen molar-refractivity contribution in [1.82, 2.24) is 5.32 Å². The van der Waals surface area contributed by atoms with E-state index in [2.05, 4.69) is 16.0 Å². The number of halogens is 1. The van der Waals surface area contributed by atoms with Gasteiger partial charge < -0.3 is 21.7 Å². The van der Waals surface area contributed by atoms with Crippen molar-refractivity contribution in [2.75, 3.05) is 17.7 Å². The van der Waals surface area contributed by atoms with Crippen molar-refractivity contribution in [3.63, 3.8) is 0 Å². The molecule has 6 nitrogen and oxygen atoms in total. The Morgan fingerprint density at radius 2 is 1.78 bits per heavy atom. The van der Waals surface area contributed by atoms with E-state index in [-0.39, 0.29) is 36.3 Å². The molecule has 126 valence electrons. The van der Waals surface area contributed by atoms with Gasteiger partial charge in [-0.2, -0.15) is 0 Å². The third-order valence-corrected chi connectivity index (χ3v) is 4.90. The van der Waals surface area contributed by atoms with Crippen molar-refractivity contribution >= 4 is 35.7 Å². The highest BCUT2D eigenvalue weighted by atomic mass is 35.5. The average molecular weight is 339 g/mol. The van der Waals surface area contributed by atoms with Crippen molar-refractivity contribution < 1.29 is 9.59 Å². The summed E-state index contributed by atoms with van der Waals surface area (Å²) in [7, 11) is 1.55. The number of nitrogens with one attached hydrogen (secondary N) is 3. The van der Waals surface area contributed by atoms with E-state index in [1.165, 1.54) is 0 Å². The molecule has 0 aromatic heterocycles. The van der Waals surface area contributed by atoms with Crippen LogP contribution in [0.25, 0.3) is 0 Å². The van der Waals surface area contributed by atoms with Gasteiger partial charge in [-0.05, 0) is 49.3 Å². The van der Waals surface area contributed by atoms with Crippen LogP contribution in [-0.2, 0) is 4.79 Å². The number of carbonyl (C=O) groups excluding carboxylic acids is 2. The average Bonchev–Trinajstić information content (AvgIpc) is 3.08. The van der Waals surface area contributed by atoms with Crippen LogP contribution in [0.3, 0.4) is 0 Å². The van der Waals surface area contributed by atoms with Crippen LogP contribution in [0, 0.1) is 17.8 Å². The highest BCUT2D eigenvalue weighted by Gasteiger charge is 2.49. The summed E-state index contributed by atoms with van der Waals surface area (Å²) in [6.45, 7) is 0. The number of anilines is 2. The summed E-state index contributed by atoms with van der Waals surface area (Å²) in [6, 6.07) is 6.80. The third-order valence-electron chi connectivity index (χ3n) is 4.90. The zero-order valence-corrected chi connectivity index (χ0v) is 13.9. The minimum Gasteiger partial charge on any atom is -0.341 e. The SMILES string of the molecule is CNC(=O)Nc1cccc(NC(=O)C2C3CCC(C3)C2N)c1.Cl. The lowest BCUT2D eigenvalue weighted by Gasteiger charge is -2.27. The molecule has 2 fully saturated rings. The lowest BCUT2D eigenvalue weighted by molar-refractivity contribution is -0.121. The fourth-order valence-electron chi connectivity index (χ4n) is 3.82. The quantitative estimate of drug-likeness (QED) is 0.680. The second kappa shape index (κ2) is 7.19. The molecule has 3 rings (SSSR count). The van der Waals surface area contributed by atoms with E-state index >= 15 is 0 Å². The second-order valence-corrected chi connectivity index (χ2v) is 6.21. The van der Waals surface area contributed by atoms with E-state index < -0.39 is 0 Å². The minimum absolute atomic E-state index is 0. The Morgan fingerprint density at radius 3 is 2.39 bits per heavy atom. The zero-order chi connectivity index (χ0) is 15.7. The van der Waals surface area contributed by atoms with Gasteiger partial charge in [0.25, 0.3) is 0 Å². The Morgan fingerprint density at radius 1 is 1.13 bits per heavy atom. The Balaban J connectivity index is 0.00000192. The summed E-state index contributed by atoms with van der Waals surface area (Å²) in [6.07, 6.45) is 3.34. The number of fused-ring (bicyclic) bond motifs is 2. The molecule has 0 aliphatic heterocycles. The molecule has 2 aliphatic carbocycles. The normalized spacial score (nSPS) is 27.9. The summed E-state index contributed by atoms with van der Waals surface area (Å²) < 4.78 is 0. The molecule has 4 atom stereocenters. The second-order valence-electron chi connectivity index (χ2n) is 6.21. The maximum absolute atomic E-state index is 12.5. The van der Waals surface area contributed by atoms with Crippen molar-refractivity contribution in [2.45, 2.75) is 25.3 Å². The van der Waals surface area contributed by atoms with Gasteiger partial charge in [0.05, 0.1) is 5.92 Å². The molecule has 0 spiro atoms. The maximum atomic E-state index is 12.5. The lowest BCUT2D eigenvalue weighted by Crippen LogP contribution is -2.42. The van der Waals surface area contributed by atoms with E-state index in [1.54, 1.807) is 25.2 Å². The van der Waals surface area contributed by atoms with E-state index in [1.807, 2.05) is 6.07 Å². The predicted octanol–water partition coefficient (Wildman–Crippen LogP) is 2.17. The molecule has 1 aromatic carbocycles. The number of hydrogen-bond donors (Lipinski definition) is 4. The molecule has 3 amide bonds. The Hall–Kier alpha value is -1.79. The van der Waals surface area contributed by atoms with Gasteiger partial charge in [-0.25, -0.2) is 4.79 Å². The first-order valence-corrected chi connectivity index (χ1v) is 7.73. The summed E-state index contributed by atoms with van der Waals surface area (Å²) in [5.74, 6) is 0.834.